The van der Waals surface area contributed by atoms with Crippen LogP contribution in [0.3, 0.4) is 0 Å². The maximum Gasteiger partial charge on any atom is 0.258 e. The second-order valence-electron chi connectivity index (χ2n) is 5.94. The summed E-state index contributed by atoms with van der Waals surface area (Å²) < 4.78 is 13.5. The van der Waals surface area contributed by atoms with Crippen molar-refractivity contribution in [3.8, 4) is 0 Å². The molecule has 0 saturated carbocycles. The summed E-state index contributed by atoms with van der Waals surface area (Å²) in [7, 11) is 0. The van der Waals surface area contributed by atoms with Gasteiger partial charge in [-0.15, -0.1) is 0 Å². The van der Waals surface area contributed by atoms with Crippen molar-refractivity contribution in [2.45, 2.75) is 27.2 Å². The molecular weight excluding hydrogens is 231 g/mol. The number of hydrogen-bond donors (Lipinski definition) is 0. The van der Waals surface area contributed by atoms with Crippen molar-refractivity contribution < 1.29 is 9.18 Å². The average molecular weight is 250 g/mol. The summed E-state index contributed by atoms with van der Waals surface area (Å²) in [4.78, 5) is 17.4. The molecule has 1 saturated heterocycles. The summed E-state index contributed by atoms with van der Waals surface area (Å²) in [5.74, 6) is -0.449. The van der Waals surface area contributed by atoms with E-state index in [2.05, 4.69) is 25.8 Å². The van der Waals surface area contributed by atoms with Gasteiger partial charge >= 0.3 is 0 Å². The molecule has 0 bridgehead atoms. The van der Waals surface area contributed by atoms with E-state index in [-0.39, 0.29) is 16.9 Å². The van der Waals surface area contributed by atoms with E-state index in [0.717, 1.165) is 6.42 Å². The lowest BCUT2D eigenvalue weighted by atomic mass is 9.80. The molecule has 1 aliphatic rings. The lowest BCUT2D eigenvalue weighted by Gasteiger charge is -2.26. The topological polar surface area (TPSA) is 33.2 Å². The molecule has 18 heavy (non-hydrogen) atoms. The zero-order valence-corrected chi connectivity index (χ0v) is 11.1. The summed E-state index contributed by atoms with van der Waals surface area (Å²) in [5.41, 5.74) is 0.259. The van der Waals surface area contributed by atoms with E-state index in [4.69, 9.17) is 0 Å². The van der Waals surface area contributed by atoms with Gasteiger partial charge in [0.2, 0.25) is 5.95 Å². The van der Waals surface area contributed by atoms with Crippen LogP contribution in [0.25, 0.3) is 0 Å². The molecule has 1 aliphatic heterocycles. The van der Waals surface area contributed by atoms with E-state index < -0.39 is 5.95 Å². The fourth-order valence-corrected chi connectivity index (χ4v) is 2.37. The lowest BCUT2D eigenvalue weighted by Crippen LogP contribution is -2.31. The van der Waals surface area contributed by atoms with Gasteiger partial charge in [-0.1, -0.05) is 20.8 Å². The zero-order valence-electron chi connectivity index (χ0n) is 11.1. The summed E-state index contributed by atoms with van der Waals surface area (Å²) in [6.07, 6.45) is 2.34. The molecule has 4 heteroatoms. The van der Waals surface area contributed by atoms with E-state index >= 15 is 0 Å². The quantitative estimate of drug-likeness (QED) is 0.718. The minimum Gasteiger partial charge on any atom is -0.338 e. The van der Waals surface area contributed by atoms with E-state index in [1.807, 2.05) is 0 Å². The van der Waals surface area contributed by atoms with Gasteiger partial charge in [0.25, 0.3) is 5.91 Å². The normalized spacial score (nSPS) is 20.2. The van der Waals surface area contributed by atoms with Gasteiger partial charge in [0, 0.05) is 19.3 Å². The first-order chi connectivity index (χ1) is 8.39. The fraction of sp³-hybridized carbons (Fsp3) is 0.571. The minimum absolute atomic E-state index is 0.0760. The number of aromatic nitrogens is 1. The van der Waals surface area contributed by atoms with E-state index in [1.54, 1.807) is 11.0 Å². The van der Waals surface area contributed by atoms with Crippen LogP contribution < -0.4 is 0 Å². The molecular formula is C14H19FN2O. The largest absolute Gasteiger partial charge is 0.338 e. The van der Waals surface area contributed by atoms with Gasteiger partial charge in [0.1, 0.15) is 0 Å². The maximum absolute atomic E-state index is 13.5. The Labute approximate surface area is 107 Å². The number of hydrogen-bond acceptors (Lipinski definition) is 2. The average Bonchev–Trinajstić information content (AvgIpc) is 2.77. The molecule has 1 amide bonds. The van der Waals surface area contributed by atoms with Crippen LogP contribution in [-0.2, 0) is 0 Å². The van der Waals surface area contributed by atoms with Gasteiger partial charge in [-0.3, -0.25) is 4.79 Å². The first kappa shape index (κ1) is 13.0. The molecule has 1 atom stereocenters. The maximum atomic E-state index is 13.5. The van der Waals surface area contributed by atoms with E-state index in [1.165, 1.54) is 12.3 Å². The molecule has 1 fully saturated rings. The van der Waals surface area contributed by atoms with Gasteiger partial charge in [-0.25, -0.2) is 4.98 Å². The summed E-state index contributed by atoms with van der Waals surface area (Å²) in [6.45, 7) is 7.94. The highest BCUT2D eigenvalue weighted by atomic mass is 19.1. The van der Waals surface area contributed by atoms with Crippen molar-refractivity contribution >= 4 is 5.91 Å². The van der Waals surface area contributed by atoms with Crippen molar-refractivity contribution in [1.29, 1.82) is 0 Å². The van der Waals surface area contributed by atoms with Gasteiger partial charge in [0.15, 0.2) is 0 Å². The molecule has 1 aromatic rings. The van der Waals surface area contributed by atoms with Crippen LogP contribution in [-0.4, -0.2) is 28.9 Å². The molecule has 2 heterocycles. The third-order valence-corrected chi connectivity index (χ3v) is 3.69. The van der Waals surface area contributed by atoms with Crippen molar-refractivity contribution in [1.82, 2.24) is 9.88 Å². The monoisotopic (exact) mass is 250 g/mol. The Morgan fingerprint density at radius 1 is 1.50 bits per heavy atom. The predicted molar refractivity (Wildman–Crippen MR) is 67.7 cm³/mol. The molecule has 0 aromatic carbocycles. The number of carbonyl (C=O) groups excluding carboxylic acids is 1. The number of pyridine rings is 1. The van der Waals surface area contributed by atoms with Crippen LogP contribution >= 0.6 is 0 Å². The Kier molecular flexibility index (Phi) is 3.37. The molecule has 0 radical (unpaired) electrons. The van der Waals surface area contributed by atoms with Crippen LogP contribution in [0.1, 0.15) is 37.6 Å². The van der Waals surface area contributed by atoms with E-state index in [0.29, 0.717) is 19.0 Å². The highest BCUT2D eigenvalue weighted by Crippen LogP contribution is 2.34. The third kappa shape index (κ3) is 2.52. The minimum atomic E-state index is -0.679. The second-order valence-corrected chi connectivity index (χ2v) is 5.94. The van der Waals surface area contributed by atoms with Crippen molar-refractivity contribution in [2.24, 2.45) is 11.3 Å². The summed E-state index contributed by atoms with van der Waals surface area (Å²) >= 11 is 0. The fourth-order valence-electron chi connectivity index (χ4n) is 2.37. The highest BCUT2D eigenvalue weighted by Gasteiger charge is 2.34. The van der Waals surface area contributed by atoms with Crippen molar-refractivity contribution in [2.75, 3.05) is 13.1 Å². The van der Waals surface area contributed by atoms with Gasteiger partial charge in [-0.05, 0) is 29.9 Å². The summed E-state index contributed by atoms with van der Waals surface area (Å²) in [5, 5.41) is 0. The number of nitrogens with zero attached hydrogens (tertiary/aromatic N) is 2. The summed E-state index contributed by atoms with van der Waals surface area (Å²) in [6, 6.07) is 3.09. The molecule has 0 spiro atoms. The van der Waals surface area contributed by atoms with Crippen LogP contribution in [0, 0.1) is 17.3 Å². The van der Waals surface area contributed by atoms with Gasteiger partial charge in [0.05, 0.1) is 5.56 Å². The number of carbonyl (C=O) groups is 1. The first-order valence-corrected chi connectivity index (χ1v) is 6.29. The Morgan fingerprint density at radius 2 is 2.22 bits per heavy atom. The molecule has 3 nitrogen and oxygen atoms in total. The Morgan fingerprint density at radius 3 is 2.78 bits per heavy atom. The lowest BCUT2D eigenvalue weighted by molar-refractivity contribution is 0.0771. The van der Waals surface area contributed by atoms with Crippen LogP contribution in [0.15, 0.2) is 18.3 Å². The number of amides is 1. The number of halogens is 1. The molecule has 98 valence electrons. The SMILES string of the molecule is CC(C)(C)C1CCN(C(=O)c2cccnc2F)C1. The molecule has 0 N–H and O–H groups in total. The number of rotatable bonds is 1. The highest BCUT2D eigenvalue weighted by molar-refractivity contribution is 5.94. The Balaban J connectivity index is 2.11. The predicted octanol–water partition coefficient (Wildman–Crippen LogP) is 2.73. The smallest absolute Gasteiger partial charge is 0.258 e. The first-order valence-electron chi connectivity index (χ1n) is 6.29. The Bertz CT molecular complexity index is 453. The second kappa shape index (κ2) is 4.67. The van der Waals surface area contributed by atoms with Gasteiger partial charge in [-0.2, -0.15) is 4.39 Å². The zero-order chi connectivity index (χ0) is 13.3. The van der Waals surface area contributed by atoms with Crippen LogP contribution in [0.4, 0.5) is 4.39 Å². The van der Waals surface area contributed by atoms with Crippen molar-refractivity contribution in [3.63, 3.8) is 0 Å². The van der Waals surface area contributed by atoms with Crippen LogP contribution in [0.2, 0.25) is 0 Å². The molecule has 1 unspecified atom stereocenters. The number of likely N-dealkylation sites (tertiary alicyclic amines) is 1. The molecule has 2 rings (SSSR count). The van der Waals surface area contributed by atoms with E-state index in [9.17, 15) is 9.18 Å². The third-order valence-electron chi connectivity index (χ3n) is 3.69. The Hall–Kier alpha value is -1.45. The molecule has 1 aromatic heterocycles. The van der Waals surface area contributed by atoms with Gasteiger partial charge < -0.3 is 4.90 Å². The van der Waals surface area contributed by atoms with Crippen molar-refractivity contribution in [3.05, 3.63) is 29.8 Å². The standard InChI is InChI=1S/C14H19FN2O/c1-14(2,3)10-6-8-17(9-10)13(18)11-5-4-7-16-12(11)15/h4-5,7,10H,6,8-9H2,1-3H3. The molecule has 0 aliphatic carbocycles. The van der Waals surface area contributed by atoms with Crippen LogP contribution in [0.5, 0.6) is 0 Å².